The zero-order chi connectivity index (χ0) is 25.4. The molecular weight excluding hydrogens is 478 g/mol. The van der Waals surface area contributed by atoms with Gasteiger partial charge in [0.25, 0.3) is 0 Å². The van der Waals surface area contributed by atoms with Crippen molar-refractivity contribution < 1.29 is 14.3 Å². The molecular formula is C27H32ClN5O3. The molecule has 1 fully saturated rings. The van der Waals surface area contributed by atoms with E-state index in [0.717, 1.165) is 58.9 Å². The monoisotopic (exact) mass is 509 g/mol. The molecule has 36 heavy (non-hydrogen) atoms. The van der Waals surface area contributed by atoms with E-state index in [1.807, 2.05) is 39.0 Å². The van der Waals surface area contributed by atoms with Crippen molar-refractivity contribution in [3.05, 3.63) is 51.3 Å². The van der Waals surface area contributed by atoms with Crippen LogP contribution in [0.3, 0.4) is 0 Å². The van der Waals surface area contributed by atoms with Crippen LogP contribution in [0.5, 0.6) is 5.88 Å². The fraction of sp³-hybridized carbons (Fsp3) is 0.481. The van der Waals surface area contributed by atoms with Gasteiger partial charge >= 0.3 is 6.09 Å². The summed E-state index contributed by atoms with van der Waals surface area (Å²) in [5.74, 6) is 1.28. The van der Waals surface area contributed by atoms with Crippen molar-refractivity contribution >= 4 is 35.2 Å². The fourth-order valence-corrected chi connectivity index (χ4v) is 5.66. The second kappa shape index (κ2) is 9.73. The van der Waals surface area contributed by atoms with Crippen molar-refractivity contribution in [2.75, 3.05) is 18.6 Å². The van der Waals surface area contributed by atoms with E-state index in [4.69, 9.17) is 21.1 Å². The van der Waals surface area contributed by atoms with Gasteiger partial charge in [-0.05, 0) is 70.1 Å². The van der Waals surface area contributed by atoms with Gasteiger partial charge in [-0.1, -0.05) is 17.7 Å². The molecule has 1 aliphatic carbocycles. The number of allylic oxidation sites excluding steroid dienone is 1. The van der Waals surface area contributed by atoms with Crippen LogP contribution in [-0.4, -0.2) is 35.3 Å². The van der Waals surface area contributed by atoms with E-state index >= 15 is 0 Å². The minimum absolute atomic E-state index is 0.252. The summed E-state index contributed by atoms with van der Waals surface area (Å²) in [6, 6.07) is 5.96. The number of halogens is 1. The van der Waals surface area contributed by atoms with E-state index in [0.29, 0.717) is 29.9 Å². The Morgan fingerprint density at radius 1 is 1.17 bits per heavy atom. The van der Waals surface area contributed by atoms with Crippen LogP contribution in [0.25, 0.3) is 11.8 Å². The van der Waals surface area contributed by atoms with Gasteiger partial charge in [-0.2, -0.15) is 10.2 Å². The first-order chi connectivity index (χ1) is 17.2. The topological polar surface area (TPSA) is 92.2 Å². The van der Waals surface area contributed by atoms with Gasteiger partial charge in [0.15, 0.2) is 0 Å². The molecule has 0 saturated heterocycles. The Morgan fingerprint density at radius 3 is 2.64 bits per heavy atom. The van der Waals surface area contributed by atoms with Crippen LogP contribution in [0.4, 0.5) is 10.5 Å². The maximum absolute atomic E-state index is 13.3. The number of aromatic amines is 1. The number of fused-ring (bicyclic) bond motifs is 3. The van der Waals surface area contributed by atoms with Gasteiger partial charge in [-0.3, -0.25) is 4.90 Å². The predicted molar refractivity (Wildman–Crippen MR) is 139 cm³/mol. The molecule has 0 spiro atoms. The van der Waals surface area contributed by atoms with E-state index in [1.165, 1.54) is 0 Å². The van der Waals surface area contributed by atoms with Crippen LogP contribution in [0.1, 0.15) is 63.6 Å². The summed E-state index contributed by atoms with van der Waals surface area (Å²) in [6.07, 6.45) is 7.17. The highest BCUT2D eigenvalue weighted by Gasteiger charge is 2.34. The lowest BCUT2D eigenvalue weighted by molar-refractivity contribution is 0.0584. The molecule has 190 valence electrons. The molecule has 0 unspecified atom stereocenters. The number of aromatic nitrogens is 2. The van der Waals surface area contributed by atoms with Gasteiger partial charge in [-0.25, -0.2) is 9.78 Å². The molecule has 9 heteroatoms. The highest BCUT2D eigenvalue weighted by Crippen LogP contribution is 2.42. The van der Waals surface area contributed by atoms with Crippen LogP contribution in [0.2, 0.25) is 0 Å². The van der Waals surface area contributed by atoms with E-state index in [-0.39, 0.29) is 5.92 Å². The number of pyridine rings is 1. The van der Waals surface area contributed by atoms with Gasteiger partial charge in [-0.15, -0.1) is 0 Å². The van der Waals surface area contributed by atoms with Crippen molar-refractivity contribution in [3.63, 3.8) is 0 Å². The molecule has 1 amide bonds. The number of ether oxygens (including phenoxy) is 2. The number of H-pyrrole nitrogens is 1. The molecule has 2 aromatic heterocycles. The van der Waals surface area contributed by atoms with Gasteiger partial charge < -0.3 is 14.5 Å². The maximum Gasteiger partial charge on any atom is 0.415 e. The minimum Gasteiger partial charge on any atom is -0.481 e. The first-order valence-corrected chi connectivity index (χ1v) is 12.8. The van der Waals surface area contributed by atoms with Crippen LogP contribution in [0, 0.1) is 5.92 Å². The van der Waals surface area contributed by atoms with Crippen LogP contribution >= 0.6 is 11.6 Å². The number of amides is 1. The Labute approximate surface area is 215 Å². The average Bonchev–Trinajstić information content (AvgIpc) is 3.15. The lowest BCUT2D eigenvalue weighted by atomic mass is 9.77. The summed E-state index contributed by atoms with van der Waals surface area (Å²) >= 11 is 6.95. The standard InChI is InChI=1S/C27H32ClN5O3/c1-27(2,3)36-26(34)33-13-12-19(28)23(24-25(33)18-14-29-30-15-21(18)32-24)17-10-8-16(9-11-17)20-6-5-7-22(31-20)35-4/h5-7,12,15-17,32H,8-11,13-14H2,1-4H3. The zero-order valence-corrected chi connectivity index (χ0v) is 21.9. The van der Waals surface area contributed by atoms with Gasteiger partial charge in [0.2, 0.25) is 5.88 Å². The van der Waals surface area contributed by atoms with E-state index in [2.05, 4.69) is 26.3 Å². The number of carbonyl (C=O) groups excluding carboxylic acids is 1. The number of azo groups is 1. The Bertz CT molecular complexity index is 1350. The van der Waals surface area contributed by atoms with Crippen molar-refractivity contribution in [1.82, 2.24) is 9.97 Å². The van der Waals surface area contributed by atoms with E-state index in [9.17, 15) is 4.79 Å². The van der Waals surface area contributed by atoms with Crippen LogP contribution < -0.4 is 20.3 Å². The third-order valence-electron chi connectivity index (χ3n) is 6.98. The number of hydrogen-bond donors (Lipinski definition) is 1. The molecule has 1 saturated carbocycles. The number of nitrogens with one attached hydrogen (secondary N) is 1. The Hall–Kier alpha value is -3.13. The van der Waals surface area contributed by atoms with E-state index < -0.39 is 11.7 Å². The summed E-state index contributed by atoms with van der Waals surface area (Å²) in [4.78, 5) is 23.1. The Balaban J connectivity index is 1.53. The number of nitrogens with zero attached hydrogens (tertiary/aromatic N) is 4. The third kappa shape index (κ3) is 4.78. The third-order valence-corrected chi connectivity index (χ3v) is 7.33. The number of carbonyl (C=O) groups is 1. The van der Waals surface area contributed by atoms with Crippen LogP contribution in [0.15, 0.2) is 39.5 Å². The van der Waals surface area contributed by atoms with Crippen molar-refractivity contribution in [2.45, 2.75) is 64.5 Å². The van der Waals surface area contributed by atoms with Gasteiger partial charge in [0.1, 0.15) is 5.60 Å². The molecule has 0 bridgehead atoms. The summed E-state index contributed by atoms with van der Waals surface area (Å²) in [5, 5.41) is 10.7. The molecule has 0 aromatic carbocycles. The molecule has 4 heterocycles. The molecule has 5 rings (SSSR count). The summed E-state index contributed by atoms with van der Waals surface area (Å²) < 4.78 is 11.1. The highest BCUT2D eigenvalue weighted by molar-refractivity contribution is 6.36. The highest BCUT2D eigenvalue weighted by atomic mass is 35.5. The van der Waals surface area contributed by atoms with Gasteiger partial charge in [0.05, 0.1) is 36.2 Å². The molecule has 0 radical (unpaired) electrons. The van der Waals surface area contributed by atoms with Crippen molar-refractivity contribution in [2.24, 2.45) is 16.1 Å². The predicted octanol–water partition coefficient (Wildman–Crippen LogP) is 5.12. The fourth-order valence-electron chi connectivity index (χ4n) is 5.34. The normalized spacial score (nSPS) is 21.6. The lowest BCUT2D eigenvalue weighted by Gasteiger charge is -2.30. The quantitative estimate of drug-likeness (QED) is 0.621. The first-order valence-electron chi connectivity index (χ1n) is 12.4. The minimum atomic E-state index is -0.613. The number of methoxy groups -OCH3 is 1. The molecule has 3 aliphatic rings. The van der Waals surface area contributed by atoms with E-state index in [1.54, 1.807) is 18.2 Å². The Morgan fingerprint density at radius 2 is 1.92 bits per heavy atom. The SMILES string of the molecule is COc1cccc(C2CCC(C3=c4[nH]c5c(c4N(C(=O)OC(C)(C)C)CC=C3Cl)CN=NC=5)CC2)n1. The average molecular weight is 510 g/mol. The first kappa shape index (κ1) is 24.6. The number of anilines is 1. The second-order valence-corrected chi connectivity index (χ2v) is 10.9. The van der Waals surface area contributed by atoms with Crippen molar-refractivity contribution in [3.8, 4) is 5.88 Å². The molecule has 1 N–H and O–H groups in total. The van der Waals surface area contributed by atoms with Crippen molar-refractivity contribution in [1.29, 1.82) is 0 Å². The van der Waals surface area contributed by atoms with Gasteiger partial charge in [0, 0.05) is 34.8 Å². The number of rotatable bonds is 3. The summed E-state index contributed by atoms with van der Waals surface area (Å²) in [7, 11) is 1.64. The molecule has 0 atom stereocenters. The smallest absolute Gasteiger partial charge is 0.415 e. The zero-order valence-electron chi connectivity index (χ0n) is 21.2. The second-order valence-electron chi connectivity index (χ2n) is 10.5. The lowest BCUT2D eigenvalue weighted by Crippen LogP contribution is -2.39. The largest absolute Gasteiger partial charge is 0.481 e. The Kier molecular flexibility index (Phi) is 6.64. The molecule has 2 aromatic rings. The molecule has 8 nitrogen and oxygen atoms in total. The van der Waals surface area contributed by atoms with Crippen LogP contribution in [-0.2, 0) is 11.3 Å². The summed E-state index contributed by atoms with van der Waals surface area (Å²) in [6.45, 7) is 6.33. The molecule has 2 aliphatic heterocycles. The summed E-state index contributed by atoms with van der Waals surface area (Å²) in [5.41, 5.74) is 3.26. The number of hydrogen-bond acceptors (Lipinski definition) is 6. The maximum atomic E-state index is 13.3.